The minimum atomic E-state index is 0.537. The lowest BCUT2D eigenvalue weighted by molar-refractivity contribution is 0.487. The molecule has 4 aromatic rings. The fourth-order valence-corrected chi connectivity index (χ4v) is 3.44. The lowest BCUT2D eigenvalue weighted by Crippen LogP contribution is -1.93. The Balaban J connectivity index is 1.85. The summed E-state index contributed by atoms with van der Waals surface area (Å²) >= 11 is 13.0. The van der Waals surface area contributed by atoms with Gasteiger partial charge < -0.3 is 4.74 Å². The van der Waals surface area contributed by atoms with Gasteiger partial charge in [0.2, 0.25) is 0 Å². The first-order chi connectivity index (χ1) is 13.2. The summed E-state index contributed by atoms with van der Waals surface area (Å²) in [5, 5.41) is 1.07. The molecule has 132 valence electrons. The van der Waals surface area contributed by atoms with Crippen LogP contribution in [-0.2, 0) is 0 Å². The van der Waals surface area contributed by atoms with E-state index in [4.69, 9.17) is 27.9 Å². The number of hydrogen-bond donors (Lipinski definition) is 0. The topological polar surface area (TPSA) is 9.23 Å². The molecular weight excluding hydrogens is 375 g/mol. The van der Waals surface area contributed by atoms with Crippen molar-refractivity contribution in [2.24, 2.45) is 0 Å². The van der Waals surface area contributed by atoms with E-state index in [1.165, 1.54) is 0 Å². The third-order valence-corrected chi connectivity index (χ3v) is 4.90. The van der Waals surface area contributed by atoms with E-state index in [0.717, 1.165) is 22.3 Å². The lowest BCUT2D eigenvalue weighted by Gasteiger charge is -2.17. The van der Waals surface area contributed by atoms with Crippen molar-refractivity contribution in [2.45, 2.75) is 0 Å². The monoisotopic (exact) mass is 390 g/mol. The second kappa shape index (κ2) is 7.87. The third kappa shape index (κ3) is 3.71. The van der Waals surface area contributed by atoms with Crippen LogP contribution in [0.25, 0.3) is 22.3 Å². The predicted molar refractivity (Wildman–Crippen MR) is 114 cm³/mol. The van der Waals surface area contributed by atoms with Crippen LogP contribution < -0.4 is 4.74 Å². The van der Waals surface area contributed by atoms with Gasteiger partial charge in [-0.1, -0.05) is 108 Å². The maximum Gasteiger partial charge on any atom is 0.153 e. The molecule has 4 aromatic carbocycles. The van der Waals surface area contributed by atoms with E-state index in [1.54, 1.807) is 0 Å². The molecule has 0 saturated heterocycles. The van der Waals surface area contributed by atoms with Gasteiger partial charge in [0.05, 0.1) is 10.0 Å². The average Bonchev–Trinajstić information content (AvgIpc) is 2.72. The molecule has 0 fully saturated rings. The molecule has 0 amide bonds. The molecule has 4 rings (SSSR count). The lowest BCUT2D eigenvalue weighted by atomic mass is 10.0. The first-order valence-electron chi connectivity index (χ1n) is 8.60. The zero-order valence-corrected chi connectivity index (χ0v) is 15.9. The van der Waals surface area contributed by atoms with E-state index in [-0.39, 0.29) is 0 Å². The Morgan fingerprint density at radius 2 is 0.852 bits per heavy atom. The van der Waals surface area contributed by atoms with E-state index in [9.17, 15) is 0 Å². The van der Waals surface area contributed by atoms with E-state index in [2.05, 4.69) is 0 Å². The Hall–Kier alpha value is -2.74. The maximum absolute atomic E-state index is 6.51. The van der Waals surface area contributed by atoms with Crippen molar-refractivity contribution in [1.82, 2.24) is 0 Å². The zero-order chi connectivity index (χ0) is 18.6. The molecule has 0 heterocycles. The van der Waals surface area contributed by atoms with Crippen molar-refractivity contribution in [1.29, 1.82) is 0 Å². The largest absolute Gasteiger partial charge is 0.453 e. The highest BCUT2D eigenvalue weighted by Crippen LogP contribution is 2.44. The molecule has 3 heteroatoms. The summed E-state index contributed by atoms with van der Waals surface area (Å²) in [6, 6.07) is 31.5. The Labute approximate surface area is 168 Å². The second-order valence-electron chi connectivity index (χ2n) is 6.07. The molecule has 0 radical (unpaired) electrons. The highest BCUT2D eigenvalue weighted by Gasteiger charge is 2.16. The van der Waals surface area contributed by atoms with Gasteiger partial charge in [-0.15, -0.1) is 0 Å². The van der Waals surface area contributed by atoms with Crippen LogP contribution in [0.15, 0.2) is 97.1 Å². The van der Waals surface area contributed by atoms with E-state index in [0.29, 0.717) is 21.5 Å². The van der Waals surface area contributed by atoms with Gasteiger partial charge in [-0.3, -0.25) is 0 Å². The summed E-state index contributed by atoms with van der Waals surface area (Å²) in [4.78, 5) is 0. The standard InChI is InChI=1S/C24H16Cl2O/c25-21-15-7-13-19(17-9-3-1-4-10-17)23(21)27-24-20(14-8-16-22(24)26)18-11-5-2-6-12-18/h1-16H. The summed E-state index contributed by atoms with van der Waals surface area (Å²) in [5.41, 5.74) is 3.90. The van der Waals surface area contributed by atoms with Crippen LogP contribution in [0, 0.1) is 0 Å². The molecule has 0 aliphatic heterocycles. The smallest absolute Gasteiger partial charge is 0.153 e. The fourth-order valence-electron chi connectivity index (χ4n) is 3.02. The number of rotatable bonds is 4. The van der Waals surface area contributed by atoms with Gasteiger partial charge in [0.1, 0.15) is 0 Å². The second-order valence-corrected chi connectivity index (χ2v) is 6.88. The molecule has 0 saturated carbocycles. The Kier molecular flexibility index (Phi) is 5.15. The highest BCUT2D eigenvalue weighted by molar-refractivity contribution is 6.33. The Morgan fingerprint density at radius 3 is 1.26 bits per heavy atom. The number of benzene rings is 4. The molecule has 0 aliphatic carbocycles. The normalized spacial score (nSPS) is 10.6. The molecular formula is C24H16Cl2O. The van der Waals surface area contributed by atoms with Crippen LogP contribution in [0.2, 0.25) is 10.0 Å². The molecule has 0 N–H and O–H groups in total. The van der Waals surface area contributed by atoms with Gasteiger partial charge in [0.25, 0.3) is 0 Å². The van der Waals surface area contributed by atoms with Gasteiger partial charge in [-0.2, -0.15) is 0 Å². The number of halogens is 2. The Morgan fingerprint density at radius 1 is 0.444 bits per heavy atom. The van der Waals surface area contributed by atoms with Gasteiger partial charge >= 0.3 is 0 Å². The molecule has 0 aliphatic rings. The number of ether oxygens (including phenoxy) is 1. The molecule has 0 unspecified atom stereocenters. The third-order valence-electron chi connectivity index (χ3n) is 4.31. The summed E-state index contributed by atoms with van der Waals surface area (Å²) in [5.74, 6) is 1.19. The minimum Gasteiger partial charge on any atom is -0.453 e. The van der Waals surface area contributed by atoms with E-state index < -0.39 is 0 Å². The van der Waals surface area contributed by atoms with Crippen molar-refractivity contribution >= 4 is 23.2 Å². The van der Waals surface area contributed by atoms with Crippen LogP contribution >= 0.6 is 23.2 Å². The first-order valence-corrected chi connectivity index (χ1v) is 9.35. The van der Waals surface area contributed by atoms with Crippen LogP contribution in [0.3, 0.4) is 0 Å². The summed E-state index contributed by atoms with van der Waals surface area (Å²) in [7, 11) is 0. The van der Waals surface area contributed by atoms with Gasteiger partial charge in [-0.25, -0.2) is 0 Å². The van der Waals surface area contributed by atoms with Crippen molar-refractivity contribution in [3.63, 3.8) is 0 Å². The SMILES string of the molecule is Clc1cccc(-c2ccccc2)c1Oc1c(Cl)cccc1-c1ccccc1. The maximum atomic E-state index is 6.51. The first kappa shape index (κ1) is 17.7. The van der Waals surface area contributed by atoms with E-state index >= 15 is 0 Å². The van der Waals surface area contributed by atoms with Crippen LogP contribution in [0.5, 0.6) is 11.5 Å². The van der Waals surface area contributed by atoms with Gasteiger partial charge in [0.15, 0.2) is 11.5 Å². The quantitative estimate of drug-likeness (QED) is 0.341. The molecule has 0 spiro atoms. The average molecular weight is 391 g/mol. The molecule has 0 atom stereocenters. The summed E-state index contributed by atoms with van der Waals surface area (Å²) < 4.78 is 6.35. The summed E-state index contributed by atoms with van der Waals surface area (Å²) in [6.07, 6.45) is 0. The van der Waals surface area contributed by atoms with E-state index in [1.807, 2.05) is 97.1 Å². The predicted octanol–water partition coefficient (Wildman–Crippen LogP) is 8.12. The molecule has 0 aromatic heterocycles. The van der Waals surface area contributed by atoms with Crippen molar-refractivity contribution in [3.8, 4) is 33.8 Å². The highest BCUT2D eigenvalue weighted by atomic mass is 35.5. The van der Waals surface area contributed by atoms with Crippen molar-refractivity contribution in [3.05, 3.63) is 107 Å². The van der Waals surface area contributed by atoms with Gasteiger partial charge in [0, 0.05) is 11.1 Å². The van der Waals surface area contributed by atoms with Crippen molar-refractivity contribution in [2.75, 3.05) is 0 Å². The van der Waals surface area contributed by atoms with Crippen LogP contribution in [0.1, 0.15) is 0 Å². The Bertz CT molecular complexity index is 973. The van der Waals surface area contributed by atoms with Gasteiger partial charge in [-0.05, 0) is 23.3 Å². The minimum absolute atomic E-state index is 0.537. The molecule has 1 nitrogen and oxygen atoms in total. The van der Waals surface area contributed by atoms with Crippen molar-refractivity contribution < 1.29 is 4.74 Å². The molecule has 0 bridgehead atoms. The molecule has 27 heavy (non-hydrogen) atoms. The number of para-hydroxylation sites is 2. The van der Waals surface area contributed by atoms with Crippen LogP contribution in [-0.4, -0.2) is 0 Å². The fraction of sp³-hybridized carbons (Fsp3) is 0. The van der Waals surface area contributed by atoms with Crippen LogP contribution in [0.4, 0.5) is 0 Å². The number of hydrogen-bond acceptors (Lipinski definition) is 1. The summed E-state index contributed by atoms with van der Waals surface area (Å²) in [6.45, 7) is 0. The zero-order valence-electron chi connectivity index (χ0n) is 14.4.